The molecule has 2 amide bonds. The van der Waals surface area contributed by atoms with E-state index in [1.807, 2.05) is 68.4 Å². The van der Waals surface area contributed by atoms with E-state index in [1.165, 1.54) is 4.90 Å². The number of carbonyl (C=O) groups excluding carboxylic acids is 2. The van der Waals surface area contributed by atoms with Crippen LogP contribution in [0.2, 0.25) is 0 Å². The summed E-state index contributed by atoms with van der Waals surface area (Å²) in [6, 6.07) is 17.8. The number of nitrogens with zero attached hydrogens (tertiary/aromatic N) is 4. The second-order valence-electron chi connectivity index (χ2n) is 9.18. The van der Waals surface area contributed by atoms with Crippen molar-refractivity contribution in [3.63, 3.8) is 0 Å². The zero-order valence-electron chi connectivity index (χ0n) is 20.0. The Morgan fingerprint density at radius 3 is 2.51 bits per heavy atom. The van der Waals surface area contributed by atoms with E-state index in [4.69, 9.17) is 4.42 Å². The van der Waals surface area contributed by atoms with Gasteiger partial charge in [0, 0.05) is 11.7 Å². The summed E-state index contributed by atoms with van der Waals surface area (Å²) in [5.41, 5.74) is 3.14. The van der Waals surface area contributed by atoms with Gasteiger partial charge >= 0.3 is 0 Å². The summed E-state index contributed by atoms with van der Waals surface area (Å²) in [5.74, 6) is 0.571. The number of para-hydroxylation sites is 1. The van der Waals surface area contributed by atoms with Crippen molar-refractivity contribution in [3.05, 3.63) is 77.7 Å². The van der Waals surface area contributed by atoms with Gasteiger partial charge in [-0.1, -0.05) is 47.9 Å². The van der Waals surface area contributed by atoms with Gasteiger partial charge in [0.25, 0.3) is 5.91 Å². The molecule has 2 aromatic heterocycles. The Labute approximate surface area is 203 Å². The summed E-state index contributed by atoms with van der Waals surface area (Å²) < 4.78 is 7.49. The summed E-state index contributed by atoms with van der Waals surface area (Å²) in [5, 5.41) is 11.5. The molecule has 0 bridgehead atoms. The van der Waals surface area contributed by atoms with Crippen LogP contribution in [0.25, 0.3) is 11.0 Å². The number of fused-ring (bicyclic) bond motifs is 1. The zero-order chi connectivity index (χ0) is 24.4. The highest BCUT2D eigenvalue weighted by Crippen LogP contribution is 2.31. The number of amides is 2. The summed E-state index contributed by atoms with van der Waals surface area (Å²) in [4.78, 5) is 29.2. The van der Waals surface area contributed by atoms with Crippen molar-refractivity contribution < 1.29 is 14.0 Å². The average molecular weight is 472 g/mol. The van der Waals surface area contributed by atoms with Crippen molar-refractivity contribution >= 4 is 28.5 Å². The van der Waals surface area contributed by atoms with Crippen molar-refractivity contribution in [2.45, 2.75) is 58.2 Å². The van der Waals surface area contributed by atoms with Crippen LogP contribution in [0.15, 0.2) is 65.1 Å². The lowest BCUT2D eigenvalue weighted by molar-refractivity contribution is -0.127. The Kier molecular flexibility index (Phi) is 6.35. The Morgan fingerprint density at radius 1 is 1.06 bits per heavy atom. The predicted molar refractivity (Wildman–Crippen MR) is 133 cm³/mol. The van der Waals surface area contributed by atoms with Crippen LogP contribution in [0, 0.1) is 13.8 Å². The molecule has 180 valence electrons. The molecule has 8 heteroatoms. The molecule has 0 aliphatic heterocycles. The van der Waals surface area contributed by atoms with E-state index in [2.05, 4.69) is 15.6 Å². The number of nitrogens with one attached hydrogen (secondary N) is 1. The molecule has 4 aromatic rings. The van der Waals surface area contributed by atoms with Gasteiger partial charge in [-0.25, -0.2) is 4.68 Å². The molecule has 5 rings (SSSR count). The Morgan fingerprint density at radius 2 is 1.80 bits per heavy atom. The second kappa shape index (κ2) is 9.74. The Hall–Kier alpha value is -3.94. The lowest BCUT2D eigenvalue weighted by atomic mass is 10.1. The quantitative estimate of drug-likeness (QED) is 0.429. The minimum absolute atomic E-state index is 0.0682. The molecule has 2 heterocycles. The van der Waals surface area contributed by atoms with Gasteiger partial charge in [-0.05, 0) is 63.1 Å². The highest BCUT2D eigenvalue weighted by Gasteiger charge is 2.36. The number of hydrogen-bond acceptors (Lipinski definition) is 5. The van der Waals surface area contributed by atoms with Crippen LogP contribution < -0.4 is 10.2 Å². The molecule has 1 N–H and O–H groups in total. The highest BCUT2D eigenvalue weighted by molar-refractivity contribution is 6.01. The molecule has 2 aromatic carbocycles. The standard InChI is InChI=1S/C27H29N5O3/c1-18-11-14-21(15-12-18)32(25(33)17-31-23-10-6-5-9-22(23)29-30-31)26(24-16-13-19(2)35-24)27(34)28-20-7-3-4-8-20/h5-6,9-16,20,26H,3-4,7-8,17H2,1-2H3,(H,28,34). The molecule has 0 saturated heterocycles. The predicted octanol–water partition coefficient (Wildman–Crippen LogP) is 4.47. The first-order valence-electron chi connectivity index (χ1n) is 12.0. The van der Waals surface area contributed by atoms with Crippen molar-refractivity contribution in [1.29, 1.82) is 0 Å². The van der Waals surface area contributed by atoms with Crippen LogP contribution in [-0.2, 0) is 16.1 Å². The molecule has 1 unspecified atom stereocenters. The van der Waals surface area contributed by atoms with Gasteiger partial charge in [-0.2, -0.15) is 0 Å². The molecule has 8 nitrogen and oxygen atoms in total. The average Bonchev–Trinajstić information content (AvgIpc) is 3.60. The van der Waals surface area contributed by atoms with Gasteiger partial charge in [-0.15, -0.1) is 5.10 Å². The van der Waals surface area contributed by atoms with Crippen LogP contribution in [0.5, 0.6) is 0 Å². The molecule has 0 radical (unpaired) electrons. The van der Waals surface area contributed by atoms with E-state index >= 15 is 0 Å². The second-order valence-corrected chi connectivity index (χ2v) is 9.18. The van der Waals surface area contributed by atoms with Crippen LogP contribution in [0.1, 0.15) is 48.8 Å². The number of anilines is 1. The SMILES string of the molecule is Cc1ccc(N(C(=O)Cn2nnc3ccccc32)C(C(=O)NC2CCCC2)c2ccc(C)o2)cc1. The molecule has 1 atom stereocenters. The largest absolute Gasteiger partial charge is 0.464 e. The number of carbonyl (C=O) groups is 2. The van der Waals surface area contributed by atoms with Gasteiger partial charge in [-0.3, -0.25) is 14.5 Å². The zero-order valence-corrected chi connectivity index (χ0v) is 20.0. The van der Waals surface area contributed by atoms with E-state index in [-0.39, 0.29) is 24.4 Å². The van der Waals surface area contributed by atoms with Gasteiger partial charge < -0.3 is 9.73 Å². The van der Waals surface area contributed by atoms with Crippen molar-refractivity contribution in [2.75, 3.05) is 4.90 Å². The van der Waals surface area contributed by atoms with Crippen molar-refractivity contribution in [1.82, 2.24) is 20.3 Å². The number of benzene rings is 2. The molecule has 0 spiro atoms. The molecule has 35 heavy (non-hydrogen) atoms. The van der Waals surface area contributed by atoms with E-state index in [0.717, 1.165) is 36.8 Å². The van der Waals surface area contributed by atoms with Gasteiger partial charge in [0.2, 0.25) is 5.91 Å². The third-order valence-corrected chi connectivity index (χ3v) is 6.52. The lowest BCUT2D eigenvalue weighted by Crippen LogP contribution is -2.47. The molecular formula is C27H29N5O3. The van der Waals surface area contributed by atoms with E-state index in [9.17, 15) is 9.59 Å². The van der Waals surface area contributed by atoms with Crippen LogP contribution in [0.3, 0.4) is 0 Å². The van der Waals surface area contributed by atoms with Crippen molar-refractivity contribution in [3.8, 4) is 0 Å². The summed E-state index contributed by atoms with van der Waals surface area (Å²) in [6.45, 7) is 3.74. The molecule has 1 aliphatic carbocycles. The summed E-state index contributed by atoms with van der Waals surface area (Å²) in [6.07, 6.45) is 4.07. The first-order chi connectivity index (χ1) is 17.0. The van der Waals surface area contributed by atoms with Gasteiger partial charge in [0.05, 0.1) is 5.52 Å². The van der Waals surface area contributed by atoms with Gasteiger partial charge in [0.1, 0.15) is 23.6 Å². The minimum atomic E-state index is -0.950. The Balaban J connectivity index is 1.55. The topological polar surface area (TPSA) is 93.3 Å². The smallest absolute Gasteiger partial charge is 0.251 e. The first-order valence-corrected chi connectivity index (χ1v) is 12.0. The normalized spacial score (nSPS) is 14.8. The fraction of sp³-hybridized carbons (Fsp3) is 0.333. The first kappa shape index (κ1) is 22.8. The van der Waals surface area contributed by atoms with Crippen LogP contribution in [0.4, 0.5) is 5.69 Å². The molecular weight excluding hydrogens is 442 g/mol. The molecule has 1 saturated carbocycles. The highest BCUT2D eigenvalue weighted by atomic mass is 16.3. The maximum absolute atomic E-state index is 13.9. The maximum Gasteiger partial charge on any atom is 0.251 e. The monoisotopic (exact) mass is 471 g/mol. The number of furan rings is 1. The fourth-order valence-corrected chi connectivity index (χ4v) is 4.71. The third kappa shape index (κ3) is 4.82. The minimum Gasteiger partial charge on any atom is -0.464 e. The maximum atomic E-state index is 13.9. The number of hydrogen-bond donors (Lipinski definition) is 1. The van der Waals surface area contributed by atoms with Crippen molar-refractivity contribution in [2.24, 2.45) is 0 Å². The van der Waals surface area contributed by atoms with E-state index < -0.39 is 6.04 Å². The summed E-state index contributed by atoms with van der Waals surface area (Å²) in [7, 11) is 0. The number of aryl methyl sites for hydroxylation is 2. The fourth-order valence-electron chi connectivity index (χ4n) is 4.71. The lowest BCUT2D eigenvalue weighted by Gasteiger charge is -2.31. The number of rotatable bonds is 7. The number of aromatic nitrogens is 3. The van der Waals surface area contributed by atoms with E-state index in [1.54, 1.807) is 10.7 Å². The van der Waals surface area contributed by atoms with Gasteiger partial charge in [0.15, 0.2) is 6.04 Å². The van der Waals surface area contributed by atoms with Crippen LogP contribution in [-0.4, -0.2) is 32.9 Å². The molecule has 1 fully saturated rings. The Bertz CT molecular complexity index is 1330. The van der Waals surface area contributed by atoms with Crippen LogP contribution >= 0.6 is 0 Å². The molecule has 1 aliphatic rings. The third-order valence-electron chi connectivity index (χ3n) is 6.52. The van der Waals surface area contributed by atoms with E-state index in [0.29, 0.717) is 22.7 Å². The summed E-state index contributed by atoms with van der Waals surface area (Å²) >= 11 is 0.